The fourth-order valence-electron chi connectivity index (χ4n) is 1.49. The van der Waals surface area contributed by atoms with Crippen LogP contribution in [0, 0.1) is 5.92 Å². The van der Waals surface area contributed by atoms with Crippen LogP contribution in [0.15, 0.2) is 11.0 Å². The predicted octanol–water partition coefficient (Wildman–Crippen LogP) is 0.468. The molecule has 0 radical (unpaired) electrons. The van der Waals surface area contributed by atoms with Gasteiger partial charge in [0.15, 0.2) is 5.65 Å². The van der Waals surface area contributed by atoms with Gasteiger partial charge in [-0.2, -0.15) is 10.1 Å². The number of hydrogen-bond donors (Lipinski definition) is 3. The quantitative estimate of drug-likeness (QED) is 0.679. The fourth-order valence-corrected chi connectivity index (χ4v) is 1.49. The summed E-state index contributed by atoms with van der Waals surface area (Å²) in [5.41, 5.74) is 0.365. The Balaban J connectivity index is 1.92. The third-order valence-corrected chi connectivity index (χ3v) is 2.57. The molecule has 0 unspecified atom stereocenters. The minimum atomic E-state index is -0.160. The molecular weight excluding hydrogens is 194 g/mol. The van der Waals surface area contributed by atoms with E-state index >= 15 is 0 Å². The molecule has 1 saturated carbocycles. The van der Waals surface area contributed by atoms with Crippen LogP contribution in [0.1, 0.15) is 12.8 Å². The summed E-state index contributed by atoms with van der Waals surface area (Å²) in [5.74, 6) is 1.26. The maximum atomic E-state index is 11.5. The van der Waals surface area contributed by atoms with Crippen LogP contribution in [0.5, 0.6) is 0 Å². The maximum Gasteiger partial charge on any atom is 0.263 e. The van der Waals surface area contributed by atoms with E-state index in [2.05, 4.69) is 25.5 Å². The van der Waals surface area contributed by atoms with Gasteiger partial charge in [0.05, 0.1) is 6.20 Å². The van der Waals surface area contributed by atoms with Crippen LogP contribution in [0.4, 0.5) is 5.95 Å². The summed E-state index contributed by atoms with van der Waals surface area (Å²) >= 11 is 0. The zero-order valence-corrected chi connectivity index (χ0v) is 8.08. The molecule has 1 aliphatic carbocycles. The lowest BCUT2D eigenvalue weighted by atomic mass is 10.4. The van der Waals surface area contributed by atoms with Crippen molar-refractivity contribution in [3.8, 4) is 0 Å². The average molecular weight is 205 g/mol. The van der Waals surface area contributed by atoms with E-state index in [1.165, 1.54) is 19.0 Å². The van der Waals surface area contributed by atoms with E-state index in [0.29, 0.717) is 17.0 Å². The van der Waals surface area contributed by atoms with Crippen LogP contribution in [0.25, 0.3) is 11.0 Å². The lowest BCUT2D eigenvalue weighted by Gasteiger charge is -2.02. The van der Waals surface area contributed by atoms with E-state index in [1.54, 1.807) is 0 Å². The molecule has 6 heteroatoms. The van der Waals surface area contributed by atoms with Crippen LogP contribution in [-0.2, 0) is 0 Å². The van der Waals surface area contributed by atoms with Crippen molar-refractivity contribution in [2.45, 2.75) is 12.8 Å². The average Bonchev–Trinajstić information content (AvgIpc) is 2.93. The predicted molar refractivity (Wildman–Crippen MR) is 55.7 cm³/mol. The van der Waals surface area contributed by atoms with Crippen LogP contribution in [-0.4, -0.2) is 26.7 Å². The first kappa shape index (κ1) is 8.46. The van der Waals surface area contributed by atoms with Crippen LogP contribution < -0.4 is 10.9 Å². The lowest BCUT2D eigenvalue weighted by molar-refractivity contribution is 0.873. The van der Waals surface area contributed by atoms with E-state index in [0.717, 1.165) is 12.5 Å². The zero-order valence-electron chi connectivity index (χ0n) is 8.08. The van der Waals surface area contributed by atoms with Crippen molar-refractivity contribution < 1.29 is 0 Å². The summed E-state index contributed by atoms with van der Waals surface area (Å²) in [6.07, 6.45) is 4.01. The number of fused-ring (bicyclic) bond motifs is 1. The molecule has 1 aliphatic rings. The van der Waals surface area contributed by atoms with E-state index < -0.39 is 0 Å². The van der Waals surface area contributed by atoms with Crippen molar-refractivity contribution in [1.29, 1.82) is 0 Å². The van der Waals surface area contributed by atoms with Gasteiger partial charge in [-0.3, -0.25) is 14.9 Å². The normalized spacial score (nSPS) is 15.7. The highest BCUT2D eigenvalue weighted by Crippen LogP contribution is 2.28. The van der Waals surface area contributed by atoms with Crippen molar-refractivity contribution in [1.82, 2.24) is 20.2 Å². The van der Waals surface area contributed by atoms with Crippen molar-refractivity contribution in [3.63, 3.8) is 0 Å². The molecule has 2 aromatic heterocycles. The van der Waals surface area contributed by atoms with Gasteiger partial charge < -0.3 is 5.32 Å². The van der Waals surface area contributed by atoms with Crippen LogP contribution in [0.3, 0.4) is 0 Å². The Morgan fingerprint density at radius 2 is 2.40 bits per heavy atom. The number of aromatic nitrogens is 4. The summed E-state index contributed by atoms with van der Waals surface area (Å²) in [4.78, 5) is 18.4. The van der Waals surface area contributed by atoms with Gasteiger partial charge in [-0.15, -0.1) is 0 Å². The Bertz CT molecular complexity index is 539. The molecule has 0 amide bonds. The number of nitrogens with one attached hydrogen (secondary N) is 3. The van der Waals surface area contributed by atoms with Crippen LogP contribution in [0.2, 0.25) is 0 Å². The highest BCUT2D eigenvalue weighted by atomic mass is 16.1. The number of nitrogens with zero attached hydrogens (tertiary/aromatic N) is 2. The van der Waals surface area contributed by atoms with Gasteiger partial charge in [0.2, 0.25) is 5.95 Å². The molecule has 0 bridgehead atoms. The number of anilines is 1. The third kappa shape index (κ3) is 1.58. The second kappa shape index (κ2) is 3.08. The molecule has 0 aliphatic heterocycles. The third-order valence-electron chi connectivity index (χ3n) is 2.57. The van der Waals surface area contributed by atoms with E-state index in [4.69, 9.17) is 0 Å². The van der Waals surface area contributed by atoms with Crippen molar-refractivity contribution in [2.75, 3.05) is 11.9 Å². The van der Waals surface area contributed by atoms with Crippen molar-refractivity contribution in [3.05, 3.63) is 16.6 Å². The monoisotopic (exact) mass is 205 g/mol. The standard InChI is InChI=1S/C9H11N5O/c15-8-6-4-11-14-7(6)12-9(13-8)10-3-5-1-2-5/h4-5H,1-3H2,(H3,10,11,12,13,14,15). The first-order chi connectivity index (χ1) is 7.33. The summed E-state index contributed by atoms with van der Waals surface area (Å²) in [6.45, 7) is 0.878. The van der Waals surface area contributed by atoms with Gasteiger partial charge in [-0.05, 0) is 18.8 Å². The molecule has 78 valence electrons. The lowest BCUT2D eigenvalue weighted by Crippen LogP contribution is -2.14. The summed E-state index contributed by atoms with van der Waals surface area (Å²) in [5, 5.41) is 10.1. The fraction of sp³-hybridized carbons (Fsp3) is 0.444. The van der Waals surface area contributed by atoms with Crippen LogP contribution >= 0.6 is 0 Å². The topological polar surface area (TPSA) is 86.5 Å². The van der Waals surface area contributed by atoms with Gasteiger partial charge in [-0.25, -0.2) is 0 Å². The molecule has 3 N–H and O–H groups in total. The Morgan fingerprint density at radius 1 is 1.53 bits per heavy atom. The smallest absolute Gasteiger partial charge is 0.263 e. The first-order valence-electron chi connectivity index (χ1n) is 5.00. The molecule has 2 heterocycles. The summed E-state index contributed by atoms with van der Waals surface area (Å²) in [6, 6.07) is 0. The minimum Gasteiger partial charge on any atom is -0.355 e. The number of H-pyrrole nitrogens is 2. The van der Waals surface area contributed by atoms with E-state index in [-0.39, 0.29) is 5.56 Å². The Kier molecular flexibility index (Phi) is 1.74. The zero-order chi connectivity index (χ0) is 10.3. The van der Waals surface area contributed by atoms with Gasteiger partial charge >= 0.3 is 0 Å². The molecule has 0 saturated heterocycles. The maximum absolute atomic E-state index is 11.5. The number of aromatic amines is 2. The van der Waals surface area contributed by atoms with Crippen molar-refractivity contribution >= 4 is 17.0 Å². The minimum absolute atomic E-state index is 0.160. The Labute approximate surface area is 85.1 Å². The highest BCUT2D eigenvalue weighted by molar-refractivity contribution is 5.73. The molecule has 0 atom stereocenters. The Hall–Kier alpha value is -1.85. The molecule has 15 heavy (non-hydrogen) atoms. The van der Waals surface area contributed by atoms with Gasteiger partial charge in [-0.1, -0.05) is 0 Å². The molecular formula is C9H11N5O. The van der Waals surface area contributed by atoms with Gasteiger partial charge in [0.25, 0.3) is 5.56 Å². The highest BCUT2D eigenvalue weighted by Gasteiger charge is 2.21. The SMILES string of the molecule is O=c1[nH]c(NCC2CC2)nc2[nH]ncc12. The van der Waals surface area contributed by atoms with Gasteiger partial charge in [0, 0.05) is 6.54 Å². The molecule has 1 fully saturated rings. The summed E-state index contributed by atoms with van der Waals surface area (Å²) < 4.78 is 0. The number of rotatable bonds is 3. The largest absolute Gasteiger partial charge is 0.355 e. The molecule has 0 aromatic carbocycles. The first-order valence-corrected chi connectivity index (χ1v) is 5.00. The number of hydrogen-bond acceptors (Lipinski definition) is 4. The molecule has 2 aromatic rings. The second-order valence-electron chi connectivity index (χ2n) is 3.87. The van der Waals surface area contributed by atoms with E-state index in [1.807, 2.05) is 0 Å². The van der Waals surface area contributed by atoms with Gasteiger partial charge in [0.1, 0.15) is 5.39 Å². The second-order valence-corrected chi connectivity index (χ2v) is 3.87. The van der Waals surface area contributed by atoms with Crippen molar-refractivity contribution in [2.24, 2.45) is 5.92 Å². The molecule has 0 spiro atoms. The van der Waals surface area contributed by atoms with E-state index in [9.17, 15) is 4.79 Å². The summed E-state index contributed by atoms with van der Waals surface area (Å²) in [7, 11) is 0. The molecule has 6 nitrogen and oxygen atoms in total. The molecule has 3 rings (SSSR count). The Morgan fingerprint density at radius 3 is 3.20 bits per heavy atom.